The lowest BCUT2D eigenvalue weighted by molar-refractivity contribution is -0.292. The van der Waals surface area contributed by atoms with Crippen molar-refractivity contribution in [1.82, 2.24) is 24.5 Å². The van der Waals surface area contributed by atoms with E-state index in [1.165, 1.54) is 18.2 Å². The summed E-state index contributed by atoms with van der Waals surface area (Å²) in [6.07, 6.45) is -8.30. The molecule has 0 N–H and O–H groups in total. The van der Waals surface area contributed by atoms with Crippen molar-refractivity contribution in [2.24, 2.45) is 18.9 Å². The molecule has 2 aromatic heterocycles. The predicted octanol–water partition coefficient (Wildman–Crippen LogP) is 7.75. The number of amides is 1. The highest BCUT2D eigenvalue weighted by molar-refractivity contribution is 6.34. The highest BCUT2D eigenvalue weighted by Gasteiger charge is 2.64. The highest BCUT2D eigenvalue weighted by atomic mass is 35.5. The number of nitriles is 1. The number of esters is 2. The van der Waals surface area contributed by atoms with E-state index in [0.717, 1.165) is 24.3 Å². The molecular weight excluding hydrogens is 760 g/mol. The second-order valence-corrected chi connectivity index (χ2v) is 14.6. The topological polar surface area (TPSA) is 132 Å². The van der Waals surface area contributed by atoms with Gasteiger partial charge in [-0.05, 0) is 77.0 Å². The van der Waals surface area contributed by atoms with Gasteiger partial charge < -0.3 is 9.47 Å². The lowest BCUT2D eigenvalue weighted by Crippen LogP contribution is -2.44. The van der Waals surface area contributed by atoms with E-state index in [0.29, 0.717) is 30.4 Å². The maximum Gasteiger partial charge on any atom is 0.459 e. The monoisotopic (exact) mass is 792 g/mol. The van der Waals surface area contributed by atoms with Gasteiger partial charge in [0.15, 0.2) is 18.2 Å². The van der Waals surface area contributed by atoms with E-state index < -0.39 is 71.0 Å². The van der Waals surface area contributed by atoms with Crippen LogP contribution in [0.3, 0.4) is 0 Å². The van der Waals surface area contributed by atoms with Crippen LogP contribution in [0.1, 0.15) is 80.9 Å². The molecule has 2 heterocycles. The second kappa shape index (κ2) is 14.2. The average molecular weight is 793 g/mol. The smallest absolute Gasteiger partial charge is 0.459 e. The molecule has 2 saturated carbocycles. The Morgan fingerprint density at radius 2 is 1.57 bits per heavy atom. The third-order valence-corrected chi connectivity index (χ3v) is 9.44. The Morgan fingerprint density at radius 1 is 0.981 bits per heavy atom. The quantitative estimate of drug-likeness (QED) is 0.122. The summed E-state index contributed by atoms with van der Waals surface area (Å²) in [5.74, 6) is -9.98. The zero-order valence-corrected chi connectivity index (χ0v) is 29.9. The van der Waals surface area contributed by atoms with Gasteiger partial charge >= 0.3 is 30.2 Å². The first-order valence-electron chi connectivity index (χ1n) is 16.5. The number of aryl methyl sites for hydroxylation is 1. The fraction of sp³-hybridized carbons (Fsp3) is 0.529. The maximum absolute atomic E-state index is 14.2. The number of aromatic nitrogens is 4. The van der Waals surface area contributed by atoms with Crippen molar-refractivity contribution >= 4 is 29.4 Å². The highest BCUT2D eigenvalue weighted by Crippen LogP contribution is 2.49. The molecule has 0 unspecified atom stereocenters. The van der Waals surface area contributed by atoms with Crippen LogP contribution in [-0.2, 0) is 38.2 Å². The first-order chi connectivity index (χ1) is 24.9. The van der Waals surface area contributed by atoms with Crippen molar-refractivity contribution in [1.29, 1.82) is 5.26 Å². The molecule has 0 radical (unpaired) electrons. The Bertz CT molecular complexity index is 1980. The van der Waals surface area contributed by atoms with Crippen LogP contribution in [0.15, 0.2) is 30.6 Å². The molecular formula is C34H33ClF8N6O5. The number of rotatable bonds is 9. The van der Waals surface area contributed by atoms with E-state index in [9.17, 15) is 54.8 Å². The van der Waals surface area contributed by atoms with E-state index in [-0.39, 0.29) is 51.1 Å². The molecule has 0 atom stereocenters. The number of hydrogen-bond acceptors (Lipinski definition) is 8. The van der Waals surface area contributed by atoms with Gasteiger partial charge in [-0.2, -0.15) is 50.6 Å². The normalized spacial score (nSPS) is 18.8. The molecule has 11 nitrogen and oxygen atoms in total. The molecule has 2 aliphatic rings. The Labute approximate surface area is 307 Å². The first-order valence-corrected chi connectivity index (χ1v) is 16.8. The summed E-state index contributed by atoms with van der Waals surface area (Å²) >= 11 is 6.38. The van der Waals surface area contributed by atoms with Crippen molar-refractivity contribution < 1.29 is 59.0 Å². The molecule has 0 spiro atoms. The van der Waals surface area contributed by atoms with Crippen molar-refractivity contribution in [3.63, 3.8) is 0 Å². The van der Waals surface area contributed by atoms with Crippen molar-refractivity contribution in [3.8, 4) is 23.0 Å². The first kappa shape index (κ1) is 40.5. The molecule has 2 aliphatic carbocycles. The number of hydrogen-bond donors (Lipinski definition) is 0. The summed E-state index contributed by atoms with van der Waals surface area (Å²) in [6.45, 7) is 4.63. The number of halogens is 9. The lowest BCUT2D eigenvalue weighted by Gasteiger charge is -2.30. The number of ether oxygens (including phenoxy) is 2. The molecule has 54 heavy (non-hydrogen) atoms. The Morgan fingerprint density at radius 3 is 2.09 bits per heavy atom. The van der Waals surface area contributed by atoms with Gasteiger partial charge in [0.1, 0.15) is 16.7 Å². The molecule has 5 rings (SSSR count). The predicted molar refractivity (Wildman–Crippen MR) is 172 cm³/mol. The number of benzene rings is 1. The maximum atomic E-state index is 14.2. The molecule has 3 aromatic rings. The van der Waals surface area contributed by atoms with Gasteiger partial charge in [0, 0.05) is 18.8 Å². The van der Waals surface area contributed by atoms with Crippen LogP contribution in [0.2, 0.25) is 5.02 Å². The number of carbonyl (C=O) groups excluding carboxylic acids is 3. The van der Waals surface area contributed by atoms with Crippen LogP contribution < -0.4 is 0 Å². The number of alkyl halides is 8. The summed E-state index contributed by atoms with van der Waals surface area (Å²) in [5.41, 5.74) is -7.03. The second-order valence-electron chi connectivity index (χ2n) is 14.2. The summed E-state index contributed by atoms with van der Waals surface area (Å²) < 4.78 is 121. The van der Waals surface area contributed by atoms with Gasteiger partial charge in [0.25, 0.3) is 5.91 Å². The standard InChI is InChI=1S/C34H33ClF8N6O5/c1-30(2,3)54-29(52)19-7-5-18(6-8-19)28(51)53-17-48(31(16-44)11-12-31)27(50)22-13-20(9-10-23(22)35)21-14-45-49(15-21)26-24(33(38,39)40)25(46-47(26)4)32(36,37)34(41,42)43/h9-10,13-15,18-19H,5-8,11-12,17H2,1-4H3. The molecule has 0 aliphatic heterocycles. The van der Waals surface area contributed by atoms with Gasteiger partial charge in [-0.3, -0.25) is 19.3 Å². The minimum Gasteiger partial charge on any atom is -0.460 e. The van der Waals surface area contributed by atoms with Crippen LogP contribution in [-0.4, -0.2) is 66.4 Å². The minimum atomic E-state index is -6.39. The van der Waals surface area contributed by atoms with Crippen LogP contribution in [0.5, 0.6) is 0 Å². The summed E-state index contributed by atoms with van der Waals surface area (Å²) in [6, 6.07) is 5.87. The van der Waals surface area contributed by atoms with E-state index in [1.54, 1.807) is 20.8 Å². The van der Waals surface area contributed by atoms with Gasteiger partial charge in [-0.15, -0.1) is 0 Å². The van der Waals surface area contributed by atoms with Gasteiger partial charge in [-0.1, -0.05) is 17.7 Å². The largest absolute Gasteiger partial charge is 0.460 e. The van der Waals surface area contributed by atoms with Crippen LogP contribution in [0, 0.1) is 23.2 Å². The summed E-state index contributed by atoms with van der Waals surface area (Å²) in [5, 5.41) is 16.4. The molecule has 0 saturated heterocycles. The minimum absolute atomic E-state index is 0.0134. The third-order valence-electron chi connectivity index (χ3n) is 9.11. The number of carbonyl (C=O) groups is 3. The molecule has 292 valence electrons. The summed E-state index contributed by atoms with van der Waals surface area (Å²) in [4.78, 5) is 40.5. The van der Waals surface area contributed by atoms with Gasteiger partial charge in [-0.25, -0.2) is 9.36 Å². The third kappa shape index (κ3) is 8.03. The van der Waals surface area contributed by atoms with Crippen molar-refractivity contribution in [2.45, 2.75) is 88.7 Å². The molecule has 20 heteroatoms. The molecule has 2 fully saturated rings. The Kier molecular flexibility index (Phi) is 10.6. The van der Waals surface area contributed by atoms with Crippen molar-refractivity contribution in [3.05, 3.63) is 52.4 Å². The van der Waals surface area contributed by atoms with E-state index in [1.807, 2.05) is 0 Å². The molecule has 0 bridgehead atoms. The van der Waals surface area contributed by atoms with Crippen LogP contribution >= 0.6 is 11.6 Å². The van der Waals surface area contributed by atoms with Crippen LogP contribution in [0.4, 0.5) is 35.1 Å². The molecule has 1 aromatic carbocycles. The van der Waals surface area contributed by atoms with E-state index >= 15 is 0 Å². The van der Waals surface area contributed by atoms with Gasteiger partial charge in [0.2, 0.25) is 0 Å². The number of nitrogens with zero attached hydrogens (tertiary/aromatic N) is 6. The lowest BCUT2D eigenvalue weighted by atomic mass is 9.82. The van der Waals surface area contributed by atoms with E-state index in [4.69, 9.17) is 21.1 Å². The van der Waals surface area contributed by atoms with Crippen LogP contribution in [0.25, 0.3) is 16.9 Å². The van der Waals surface area contributed by atoms with E-state index in [2.05, 4.69) is 16.3 Å². The SMILES string of the molecule is Cn1nc(C(F)(F)C(F)(F)F)c(C(F)(F)F)c1-n1cc(-c2ccc(Cl)c(C(=O)N(COC(=O)C3CCC(C(=O)OC(C)(C)C)CC3)C3(C#N)CC3)c2)cn1. The molecule has 1 amide bonds. The van der Waals surface area contributed by atoms with Crippen molar-refractivity contribution in [2.75, 3.05) is 6.73 Å². The zero-order chi connectivity index (χ0) is 40.2. The Balaban J connectivity index is 1.37. The fourth-order valence-electron chi connectivity index (χ4n) is 6.13. The summed E-state index contributed by atoms with van der Waals surface area (Å²) in [7, 11) is 0.736. The van der Waals surface area contributed by atoms with Gasteiger partial charge in [0.05, 0.1) is 34.7 Å². The average Bonchev–Trinajstić information content (AvgIpc) is 3.54. The fourth-order valence-corrected chi connectivity index (χ4v) is 6.33. The Hall–Kier alpha value is -4.73. The zero-order valence-electron chi connectivity index (χ0n) is 29.1.